The van der Waals surface area contributed by atoms with Crippen molar-refractivity contribution in [3.8, 4) is 0 Å². The first-order valence-corrected chi connectivity index (χ1v) is 6.77. The van der Waals surface area contributed by atoms with Crippen molar-refractivity contribution < 1.29 is 0 Å². The number of anilines is 1. The zero-order chi connectivity index (χ0) is 12.5. The Morgan fingerprint density at radius 1 is 1.50 bits per heavy atom. The van der Waals surface area contributed by atoms with E-state index in [-0.39, 0.29) is 0 Å². The van der Waals surface area contributed by atoms with Crippen LogP contribution in [0, 0.1) is 6.92 Å². The second-order valence-corrected chi connectivity index (χ2v) is 5.13. The maximum Gasteiger partial charge on any atom is 0.194 e. The van der Waals surface area contributed by atoms with Gasteiger partial charge in [-0.25, -0.2) is 9.97 Å². The summed E-state index contributed by atoms with van der Waals surface area (Å²) in [5.41, 5.74) is 3.02. The molecule has 0 amide bonds. The Bertz CT molecular complexity index is 688. The van der Waals surface area contributed by atoms with Crippen LogP contribution < -0.4 is 5.32 Å². The highest BCUT2D eigenvalue weighted by molar-refractivity contribution is 7.15. The second kappa shape index (κ2) is 4.59. The highest BCUT2D eigenvalue weighted by atomic mass is 35.5. The smallest absolute Gasteiger partial charge is 0.194 e. The Kier molecular flexibility index (Phi) is 2.93. The Morgan fingerprint density at radius 3 is 3.22 bits per heavy atom. The average molecular weight is 279 g/mol. The van der Waals surface area contributed by atoms with E-state index in [4.69, 9.17) is 11.6 Å². The lowest BCUT2D eigenvalue weighted by molar-refractivity contribution is 0.992. The molecule has 0 unspecified atom stereocenters. The number of rotatable bonds is 3. The van der Waals surface area contributed by atoms with Gasteiger partial charge >= 0.3 is 0 Å². The van der Waals surface area contributed by atoms with Crippen LogP contribution in [0.1, 0.15) is 11.4 Å². The number of halogens is 1. The Labute approximate surface area is 113 Å². The van der Waals surface area contributed by atoms with Gasteiger partial charge in [-0.2, -0.15) is 0 Å². The zero-order valence-electron chi connectivity index (χ0n) is 9.72. The predicted molar refractivity (Wildman–Crippen MR) is 74.4 cm³/mol. The van der Waals surface area contributed by atoms with Gasteiger partial charge in [0.25, 0.3) is 0 Å². The number of aryl methyl sites for hydroxylation is 1. The molecule has 0 saturated carbocycles. The fourth-order valence-corrected chi connectivity index (χ4v) is 2.82. The van der Waals surface area contributed by atoms with Gasteiger partial charge in [0, 0.05) is 17.8 Å². The van der Waals surface area contributed by atoms with Crippen molar-refractivity contribution in [2.75, 3.05) is 5.32 Å². The quantitative estimate of drug-likeness (QED) is 0.747. The summed E-state index contributed by atoms with van der Waals surface area (Å²) in [6.07, 6.45) is 3.70. The van der Waals surface area contributed by atoms with Gasteiger partial charge in [0.1, 0.15) is 0 Å². The molecule has 0 spiro atoms. The number of hydrogen-bond donors (Lipinski definition) is 1. The molecule has 6 heteroatoms. The molecule has 3 aromatic heterocycles. The third-order valence-corrected chi connectivity index (χ3v) is 3.82. The summed E-state index contributed by atoms with van der Waals surface area (Å²) in [6, 6.07) is 3.77. The minimum absolute atomic E-state index is 0.487. The molecular formula is C12H11ClN4S. The molecule has 0 fully saturated rings. The third kappa shape index (κ3) is 1.95. The van der Waals surface area contributed by atoms with Gasteiger partial charge in [-0.3, -0.25) is 4.40 Å². The van der Waals surface area contributed by atoms with Crippen LogP contribution in [0.5, 0.6) is 0 Å². The van der Waals surface area contributed by atoms with Crippen LogP contribution in [-0.2, 0) is 6.54 Å². The van der Waals surface area contributed by atoms with Crippen LogP contribution in [0.25, 0.3) is 4.96 Å². The molecule has 92 valence electrons. The highest BCUT2D eigenvalue weighted by Gasteiger charge is 2.09. The average Bonchev–Trinajstić information content (AvgIpc) is 2.90. The molecule has 0 aliphatic carbocycles. The lowest BCUT2D eigenvalue weighted by atomic mass is 10.3. The Balaban J connectivity index is 1.87. The van der Waals surface area contributed by atoms with E-state index in [1.807, 2.05) is 30.6 Å². The molecule has 0 radical (unpaired) electrons. The highest BCUT2D eigenvalue weighted by Crippen LogP contribution is 2.21. The topological polar surface area (TPSA) is 42.2 Å². The van der Waals surface area contributed by atoms with E-state index in [1.165, 1.54) is 0 Å². The van der Waals surface area contributed by atoms with Gasteiger partial charge in [0.05, 0.1) is 23.6 Å². The Morgan fingerprint density at radius 2 is 2.39 bits per heavy atom. The number of hydrogen-bond acceptors (Lipinski definition) is 4. The predicted octanol–water partition coefficient (Wildman–Crippen LogP) is 3.36. The fourth-order valence-electron chi connectivity index (χ4n) is 1.85. The SMILES string of the molecule is Cc1nc2sccn2c1CNc1cccnc1Cl. The van der Waals surface area contributed by atoms with E-state index in [2.05, 4.69) is 19.7 Å². The lowest BCUT2D eigenvalue weighted by Crippen LogP contribution is -2.04. The van der Waals surface area contributed by atoms with Crippen molar-refractivity contribution in [1.82, 2.24) is 14.4 Å². The molecule has 0 saturated heterocycles. The number of fused-ring (bicyclic) bond motifs is 1. The summed E-state index contributed by atoms with van der Waals surface area (Å²) in [4.78, 5) is 9.55. The van der Waals surface area contributed by atoms with Crippen molar-refractivity contribution in [2.24, 2.45) is 0 Å². The summed E-state index contributed by atoms with van der Waals surface area (Å²) in [5, 5.41) is 5.80. The van der Waals surface area contributed by atoms with Crippen LogP contribution >= 0.6 is 22.9 Å². The first kappa shape index (κ1) is 11.5. The minimum atomic E-state index is 0.487. The van der Waals surface area contributed by atoms with E-state index in [0.29, 0.717) is 11.7 Å². The summed E-state index contributed by atoms with van der Waals surface area (Å²) in [7, 11) is 0. The molecule has 0 aromatic carbocycles. The lowest BCUT2D eigenvalue weighted by Gasteiger charge is -2.07. The maximum atomic E-state index is 6.01. The first-order valence-electron chi connectivity index (χ1n) is 5.51. The Hall–Kier alpha value is -1.59. The molecular weight excluding hydrogens is 268 g/mol. The van der Waals surface area contributed by atoms with Gasteiger partial charge in [0.15, 0.2) is 10.1 Å². The van der Waals surface area contributed by atoms with Crippen LogP contribution in [-0.4, -0.2) is 14.4 Å². The number of aromatic nitrogens is 3. The number of nitrogens with zero attached hydrogens (tertiary/aromatic N) is 3. The molecule has 1 N–H and O–H groups in total. The normalized spacial score (nSPS) is 11.0. The van der Waals surface area contributed by atoms with Gasteiger partial charge in [-0.15, -0.1) is 11.3 Å². The standard InChI is InChI=1S/C12H11ClN4S/c1-8-10(17-5-6-18-12(17)16-8)7-15-9-3-2-4-14-11(9)13/h2-6,15H,7H2,1H3. The van der Waals surface area contributed by atoms with Crippen molar-refractivity contribution in [2.45, 2.75) is 13.5 Å². The first-order chi connectivity index (χ1) is 8.75. The molecule has 18 heavy (non-hydrogen) atoms. The molecule has 0 aliphatic heterocycles. The van der Waals surface area contributed by atoms with Gasteiger partial charge in [-0.1, -0.05) is 11.6 Å². The van der Waals surface area contributed by atoms with Crippen molar-refractivity contribution in [3.63, 3.8) is 0 Å². The third-order valence-electron chi connectivity index (χ3n) is 2.77. The maximum absolute atomic E-state index is 6.01. The van der Waals surface area contributed by atoms with Crippen molar-refractivity contribution in [1.29, 1.82) is 0 Å². The molecule has 3 heterocycles. The van der Waals surface area contributed by atoms with Crippen LogP contribution in [0.15, 0.2) is 29.9 Å². The van der Waals surface area contributed by atoms with Crippen LogP contribution in [0.4, 0.5) is 5.69 Å². The fraction of sp³-hybridized carbons (Fsp3) is 0.167. The monoisotopic (exact) mass is 278 g/mol. The van der Waals surface area contributed by atoms with Crippen LogP contribution in [0.3, 0.4) is 0 Å². The number of nitrogens with one attached hydrogen (secondary N) is 1. The summed E-state index contributed by atoms with van der Waals surface area (Å²) >= 11 is 7.64. The van der Waals surface area contributed by atoms with Gasteiger partial charge in [-0.05, 0) is 19.1 Å². The molecule has 3 aromatic rings. The zero-order valence-corrected chi connectivity index (χ0v) is 11.3. The molecule has 0 atom stereocenters. The molecule has 4 nitrogen and oxygen atoms in total. The van der Waals surface area contributed by atoms with E-state index in [1.54, 1.807) is 17.5 Å². The summed E-state index contributed by atoms with van der Waals surface area (Å²) in [5.74, 6) is 0. The van der Waals surface area contributed by atoms with E-state index in [9.17, 15) is 0 Å². The summed E-state index contributed by atoms with van der Waals surface area (Å²) in [6.45, 7) is 2.69. The van der Waals surface area contributed by atoms with E-state index < -0.39 is 0 Å². The van der Waals surface area contributed by atoms with Crippen molar-refractivity contribution in [3.05, 3.63) is 46.4 Å². The molecule has 0 aliphatic rings. The van der Waals surface area contributed by atoms with E-state index in [0.717, 1.165) is 22.0 Å². The number of thiazole rings is 1. The molecule has 3 rings (SSSR count). The number of imidazole rings is 1. The largest absolute Gasteiger partial charge is 0.377 e. The number of pyridine rings is 1. The van der Waals surface area contributed by atoms with E-state index >= 15 is 0 Å². The van der Waals surface area contributed by atoms with Gasteiger partial charge < -0.3 is 5.32 Å². The van der Waals surface area contributed by atoms with Gasteiger partial charge in [0.2, 0.25) is 0 Å². The van der Waals surface area contributed by atoms with Crippen LogP contribution in [0.2, 0.25) is 5.15 Å². The van der Waals surface area contributed by atoms with Crippen molar-refractivity contribution >= 4 is 33.6 Å². The summed E-state index contributed by atoms with van der Waals surface area (Å²) < 4.78 is 2.09. The molecule has 0 bridgehead atoms. The minimum Gasteiger partial charge on any atom is -0.377 e. The second-order valence-electron chi connectivity index (χ2n) is 3.89.